The van der Waals surface area contributed by atoms with Crippen molar-refractivity contribution in [2.75, 3.05) is 0 Å². The Labute approximate surface area is 87.9 Å². The van der Waals surface area contributed by atoms with Crippen LogP contribution in [0.5, 0.6) is 0 Å². The van der Waals surface area contributed by atoms with Crippen molar-refractivity contribution >= 4 is 17.4 Å². The van der Waals surface area contributed by atoms with Crippen LogP contribution in [0.3, 0.4) is 0 Å². The molecule has 14 heavy (non-hydrogen) atoms. The second kappa shape index (κ2) is 4.09. The summed E-state index contributed by atoms with van der Waals surface area (Å²) in [6, 6.07) is 2.93. The van der Waals surface area contributed by atoms with Crippen molar-refractivity contribution in [3.05, 3.63) is 34.1 Å². The van der Waals surface area contributed by atoms with Crippen molar-refractivity contribution in [3.63, 3.8) is 0 Å². The molecule has 1 aromatic carbocycles. The van der Waals surface area contributed by atoms with E-state index in [0.717, 1.165) is 0 Å². The van der Waals surface area contributed by atoms with Crippen LogP contribution in [0.25, 0.3) is 0 Å². The van der Waals surface area contributed by atoms with Gasteiger partial charge >= 0.3 is 0 Å². The molecule has 0 N–H and O–H groups in total. The van der Waals surface area contributed by atoms with Crippen LogP contribution in [0.1, 0.15) is 42.6 Å². The van der Waals surface area contributed by atoms with Gasteiger partial charge in [-0.05, 0) is 30.5 Å². The SMILES string of the molecule is CC(=O)c1cc(Cl)c(F)c(C(C)C)c1. The molecule has 0 saturated carbocycles. The standard InChI is InChI=1S/C11H12ClFO/c1-6(2)9-4-8(7(3)14)5-10(12)11(9)13/h4-6H,1-3H3. The summed E-state index contributed by atoms with van der Waals surface area (Å²) in [6.07, 6.45) is 0. The smallest absolute Gasteiger partial charge is 0.159 e. The minimum atomic E-state index is -0.424. The predicted molar refractivity (Wildman–Crippen MR) is 55.5 cm³/mol. The maximum Gasteiger partial charge on any atom is 0.159 e. The number of carbonyl (C=O) groups is 1. The maximum atomic E-state index is 13.5. The number of ketones is 1. The largest absolute Gasteiger partial charge is 0.295 e. The summed E-state index contributed by atoms with van der Waals surface area (Å²) in [6.45, 7) is 5.16. The number of hydrogen-bond donors (Lipinski definition) is 0. The van der Waals surface area contributed by atoms with E-state index in [-0.39, 0.29) is 16.7 Å². The second-order valence-electron chi connectivity index (χ2n) is 3.57. The van der Waals surface area contributed by atoms with Gasteiger partial charge in [0.25, 0.3) is 0 Å². The fourth-order valence-electron chi connectivity index (χ4n) is 1.23. The molecular weight excluding hydrogens is 203 g/mol. The van der Waals surface area contributed by atoms with Gasteiger partial charge in [0, 0.05) is 5.56 Å². The number of Topliss-reactive ketones (excluding diaryl/α,β-unsaturated/α-hetero) is 1. The summed E-state index contributed by atoms with van der Waals surface area (Å²) in [5.41, 5.74) is 0.947. The molecule has 0 spiro atoms. The Morgan fingerprint density at radius 1 is 1.43 bits per heavy atom. The molecule has 0 aliphatic heterocycles. The maximum absolute atomic E-state index is 13.5. The fourth-order valence-corrected chi connectivity index (χ4v) is 1.46. The van der Waals surface area contributed by atoms with Crippen LogP contribution < -0.4 is 0 Å². The van der Waals surface area contributed by atoms with Gasteiger partial charge in [0.2, 0.25) is 0 Å². The van der Waals surface area contributed by atoms with E-state index in [1.807, 2.05) is 13.8 Å². The first-order chi connectivity index (χ1) is 6.43. The Bertz CT molecular complexity index is 372. The minimum absolute atomic E-state index is 0.0152. The molecular formula is C11H12ClFO. The quantitative estimate of drug-likeness (QED) is 0.685. The number of rotatable bonds is 2. The first kappa shape index (κ1) is 11.2. The molecule has 0 aromatic heterocycles. The van der Waals surface area contributed by atoms with E-state index >= 15 is 0 Å². The molecule has 0 fully saturated rings. The van der Waals surface area contributed by atoms with E-state index in [1.54, 1.807) is 6.07 Å². The Hall–Kier alpha value is -0.890. The number of halogens is 2. The Balaban J connectivity index is 3.35. The number of benzene rings is 1. The highest BCUT2D eigenvalue weighted by Gasteiger charge is 2.13. The molecule has 0 heterocycles. The van der Waals surface area contributed by atoms with Gasteiger partial charge in [0.15, 0.2) is 5.78 Å². The lowest BCUT2D eigenvalue weighted by Crippen LogP contribution is -2.00. The molecule has 0 saturated heterocycles. The monoisotopic (exact) mass is 214 g/mol. The summed E-state index contributed by atoms with van der Waals surface area (Å²) in [5, 5.41) is 0.0152. The molecule has 1 nitrogen and oxygen atoms in total. The Morgan fingerprint density at radius 3 is 2.43 bits per heavy atom. The summed E-state index contributed by atoms with van der Waals surface area (Å²) in [7, 11) is 0. The van der Waals surface area contributed by atoms with Gasteiger partial charge in [-0.2, -0.15) is 0 Å². The van der Waals surface area contributed by atoms with Crippen LogP contribution in [-0.4, -0.2) is 5.78 Å². The zero-order valence-electron chi connectivity index (χ0n) is 8.40. The molecule has 0 aliphatic carbocycles. The zero-order chi connectivity index (χ0) is 10.9. The van der Waals surface area contributed by atoms with Crippen LogP contribution in [-0.2, 0) is 0 Å². The molecule has 3 heteroatoms. The van der Waals surface area contributed by atoms with E-state index in [2.05, 4.69) is 0 Å². The van der Waals surface area contributed by atoms with E-state index in [0.29, 0.717) is 11.1 Å². The summed E-state index contributed by atoms with van der Waals surface area (Å²) in [5.74, 6) is -0.507. The summed E-state index contributed by atoms with van der Waals surface area (Å²) in [4.78, 5) is 11.1. The van der Waals surface area contributed by atoms with Gasteiger partial charge in [-0.15, -0.1) is 0 Å². The summed E-state index contributed by atoms with van der Waals surface area (Å²) < 4.78 is 13.5. The molecule has 1 aromatic rings. The van der Waals surface area contributed by atoms with Crippen LogP contribution >= 0.6 is 11.6 Å². The third kappa shape index (κ3) is 2.13. The van der Waals surface area contributed by atoms with Gasteiger partial charge in [-0.1, -0.05) is 25.4 Å². The topological polar surface area (TPSA) is 17.1 Å². The van der Waals surface area contributed by atoms with Crippen molar-refractivity contribution in [3.8, 4) is 0 Å². The first-order valence-electron chi connectivity index (χ1n) is 4.43. The summed E-state index contributed by atoms with van der Waals surface area (Å²) >= 11 is 5.68. The fraction of sp³-hybridized carbons (Fsp3) is 0.364. The van der Waals surface area contributed by atoms with Gasteiger partial charge in [0.05, 0.1) is 5.02 Å². The lowest BCUT2D eigenvalue weighted by Gasteiger charge is -2.09. The highest BCUT2D eigenvalue weighted by atomic mass is 35.5. The molecule has 1 rings (SSSR count). The average molecular weight is 215 g/mol. The normalized spacial score (nSPS) is 10.7. The van der Waals surface area contributed by atoms with E-state index in [1.165, 1.54) is 13.0 Å². The van der Waals surface area contributed by atoms with Crippen molar-refractivity contribution in [1.29, 1.82) is 0 Å². The van der Waals surface area contributed by atoms with Gasteiger partial charge in [-0.25, -0.2) is 4.39 Å². The third-order valence-corrected chi connectivity index (χ3v) is 2.36. The highest BCUT2D eigenvalue weighted by Crippen LogP contribution is 2.26. The average Bonchev–Trinajstić information content (AvgIpc) is 2.08. The van der Waals surface area contributed by atoms with Crippen molar-refractivity contribution in [2.24, 2.45) is 0 Å². The molecule has 0 aliphatic rings. The van der Waals surface area contributed by atoms with Crippen LogP contribution in [0.15, 0.2) is 12.1 Å². The highest BCUT2D eigenvalue weighted by molar-refractivity contribution is 6.31. The lowest BCUT2D eigenvalue weighted by molar-refractivity contribution is 0.101. The van der Waals surface area contributed by atoms with E-state index in [9.17, 15) is 9.18 Å². The number of carbonyl (C=O) groups excluding carboxylic acids is 1. The van der Waals surface area contributed by atoms with Crippen LogP contribution in [0, 0.1) is 5.82 Å². The van der Waals surface area contributed by atoms with E-state index in [4.69, 9.17) is 11.6 Å². The Morgan fingerprint density at radius 2 is 2.00 bits per heavy atom. The molecule has 0 atom stereocenters. The Kier molecular flexibility index (Phi) is 3.27. The van der Waals surface area contributed by atoms with Crippen LogP contribution in [0.4, 0.5) is 4.39 Å². The lowest BCUT2D eigenvalue weighted by atomic mass is 9.99. The van der Waals surface area contributed by atoms with Gasteiger partial charge < -0.3 is 0 Å². The minimum Gasteiger partial charge on any atom is -0.295 e. The zero-order valence-corrected chi connectivity index (χ0v) is 9.15. The number of hydrogen-bond acceptors (Lipinski definition) is 1. The molecule has 0 bridgehead atoms. The molecule has 76 valence electrons. The predicted octanol–water partition coefficient (Wildman–Crippen LogP) is 3.81. The first-order valence-corrected chi connectivity index (χ1v) is 4.81. The van der Waals surface area contributed by atoms with Gasteiger partial charge in [-0.3, -0.25) is 4.79 Å². The molecule has 0 unspecified atom stereocenters. The van der Waals surface area contributed by atoms with Crippen LogP contribution in [0.2, 0.25) is 5.02 Å². The molecule has 0 radical (unpaired) electrons. The second-order valence-corrected chi connectivity index (χ2v) is 3.98. The van der Waals surface area contributed by atoms with Crippen molar-refractivity contribution in [1.82, 2.24) is 0 Å². The molecule has 0 amide bonds. The van der Waals surface area contributed by atoms with Crippen molar-refractivity contribution < 1.29 is 9.18 Å². The van der Waals surface area contributed by atoms with Gasteiger partial charge in [0.1, 0.15) is 5.82 Å². The van der Waals surface area contributed by atoms with Crippen molar-refractivity contribution in [2.45, 2.75) is 26.7 Å². The third-order valence-electron chi connectivity index (χ3n) is 2.08. The van der Waals surface area contributed by atoms with E-state index < -0.39 is 5.82 Å².